The molecule has 0 aliphatic carbocycles. The van der Waals surface area contributed by atoms with Gasteiger partial charge in [-0.1, -0.05) is 36.4 Å². The van der Waals surface area contributed by atoms with E-state index in [1.54, 1.807) is 30.3 Å². The molecule has 0 atom stereocenters. The molecule has 0 N–H and O–H groups in total. The van der Waals surface area contributed by atoms with Gasteiger partial charge >= 0.3 is 10.1 Å². The second kappa shape index (κ2) is 7.69. The van der Waals surface area contributed by atoms with Gasteiger partial charge in [-0.3, -0.25) is 10.1 Å². The van der Waals surface area contributed by atoms with Crippen LogP contribution < -0.4 is 9.08 Å². The van der Waals surface area contributed by atoms with Crippen LogP contribution in [0, 0.1) is 10.1 Å². The molecule has 0 saturated carbocycles. The van der Waals surface area contributed by atoms with Gasteiger partial charge in [-0.2, -0.15) is 8.42 Å². The summed E-state index contributed by atoms with van der Waals surface area (Å²) in [5.41, 5.74) is 1.35. The quantitative estimate of drug-likeness (QED) is 0.355. The van der Waals surface area contributed by atoms with E-state index in [0.29, 0.717) is 10.9 Å². The lowest BCUT2D eigenvalue weighted by Gasteiger charge is -2.17. The Bertz CT molecular complexity index is 1170. The lowest BCUT2D eigenvalue weighted by Crippen LogP contribution is -2.12. The monoisotopic (exact) mass is 398 g/mol. The molecule has 0 spiro atoms. The van der Waals surface area contributed by atoms with Gasteiger partial charge in [0.15, 0.2) is 0 Å². The standard InChI is InChI=1S/C20H18N2O5S/c1-21(2)19-10-4-9-18-17(19)8-5-11-20(18)28(25,26)27-16-7-3-6-15(14-16)12-13-22(23)24/h3-14H,1-2H3. The molecule has 3 rings (SSSR count). The van der Waals surface area contributed by atoms with Crippen molar-refractivity contribution in [3.05, 3.63) is 82.5 Å². The maximum Gasteiger partial charge on any atom is 0.339 e. The number of benzene rings is 3. The molecular formula is C20H18N2O5S. The highest BCUT2D eigenvalue weighted by Gasteiger charge is 2.21. The van der Waals surface area contributed by atoms with Crippen LogP contribution >= 0.6 is 0 Å². The number of nitro groups is 1. The highest BCUT2D eigenvalue weighted by molar-refractivity contribution is 7.87. The summed E-state index contributed by atoms with van der Waals surface area (Å²) in [6.07, 6.45) is 2.04. The number of rotatable bonds is 6. The Kier molecular flexibility index (Phi) is 5.32. The minimum atomic E-state index is -4.11. The second-order valence-corrected chi connectivity index (χ2v) is 7.75. The summed E-state index contributed by atoms with van der Waals surface area (Å²) in [4.78, 5) is 11.8. The zero-order valence-corrected chi connectivity index (χ0v) is 16.1. The summed E-state index contributed by atoms with van der Waals surface area (Å²) >= 11 is 0. The Hall–Kier alpha value is -3.39. The molecule has 0 aliphatic heterocycles. The van der Waals surface area contributed by atoms with E-state index < -0.39 is 15.0 Å². The average Bonchev–Trinajstić information content (AvgIpc) is 2.65. The van der Waals surface area contributed by atoms with Gasteiger partial charge in [0, 0.05) is 36.6 Å². The van der Waals surface area contributed by atoms with E-state index in [-0.39, 0.29) is 10.6 Å². The molecule has 0 bridgehead atoms. The first kappa shape index (κ1) is 19.4. The normalized spacial score (nSPS) is 11.6. The lowest BCUT2D eigenvalue weighted by molar-refractivity contribution is -0.400. The van der Waals surface area contributed by atoms with Crippen molar-refractivity contribution >= 4 is 32.7 Å². The molecule has 8 heteroatoms. The van der Waals surface area contributed by atoms with E-state index in [1.165, 1.54) is 24.3 Å². The molecule has 0 aliphatic rings. The maximum absolute atomic E-state index is 12.9. The lowest BCUT2D eigenvalue weighted by atomic mass is 10.1. The maximum atomic E-state index is 12.9. The van der Waals surface area contributed by atoms with Crippen molar-refractivity contribution in [3.63, 3.8) is 0 Å². The molecule has 144 valence electrons. The predicted octanol–water partition coefficient (Wildman–Crippen LogP) is 3.92. The van der Waals surface area contributed by atoms with E-state index in [0.717, 1.165) is 17.3 Å². The highest BCUT2D eigenvalue weighted by Crippen LogP contribution is 2.31. The molecule has 0 unspecified atom stereocenters. The van der Waals surface area contributed by atoms with Crippen molar-refractivity contribution in [1.29, 1.82) is 0 Å². The van der Waals surface area contributed by atoms with E-state index in [4.69, 9.17) is 4.18 Å². The average molecular weight is 398 g/mol. The third-order valence-corrected chi connectivity index (χ3v) is 5.37. The van der Waals surface area contributed by atoms with E-state index in [2.05, 4.69) is 0 Å². The van der Waals surface area contributed by atoms with Crippen LogP contribution in [-0.4, -0.2) is 27.4 Å². The van der Waals surface area contributed by atoms with Gasteiger partial charge in [-0.25, -0.2) is 0 Å². The molecule has 0 heterocycles. The molecule has 0 radical (unpaired) electrons. The summed E-state index contributed by atoms with van der Waals surface area (Å²) in [5, 5.41) is 11.8. The van der Waals surface area contributed by atoms with Crippen LogP contribution in [0.15, 0.2) is 71.8 Å². The number of fused-ring (bicyclic) bond motifs is 1. The van der Waals surface area contributed by atoms with Gasteiger partial charge in [0.05, 0.1) is 4.92 Å². The van der Waals surface area contributed by atoms with Crippen LogP contribution in [0.2, 0.25) is 0 Å². The van der Waals surface area contributed by atoms with E-state index >= 15 is 0 Å². The zero-order chi connectivity index (χ0) is 20.3. The third kappa shape index (κ3) is 4.12. The van der Waals surface area contributed by atoms with Crippen LogP contribution in [0.25, 0.3) is 16.8 Å². The number of hydrogen-bond donors (Lipinski definition) is 0. The molecule has 28 heavy (non-hydrogen) atoms. The molecular weight excluding hydrogens is 380 g/mol. The molecule has 7 nitrogen and oxygen atoms in total. The molecule has 0 aromatic heterocycles. The first-order chi connectivity index (χ1) is 13.3. The van der Waals surface area contributed by atoms with Gasteiger partial charge < -0.3 is 9.08 Å². The van der Waals surface area contributed by atoms with Gasteiger partial charge in [0.1, 0.15) is 10.6 Å². The smallest absolute Gasteiger partial charge is 0.339 e. The Morgan fingerprint density at radius 2 is 1.68 bits per heavy atom. The zero-order valence-electron chi connectivity index (χ0n) is 15.3. The minimum Gasteiger partial charge on any atom is -0.379 e. The van der Waals surface area contributed by atoms with Gasteiger partial charge in [0.2, 0.25) is 6.20 Å². The third-order valence-electron chi connectivity index (χ3n) is 4.06. The van der Waals surface area contributed by atoms with Crippen molar-refractivity contribution in [1.82, 2.24) is 0 Å². The largest absolute Gasteiger partial charge is 0.379 e. The first-order valence-electron chi connectivity index (χ1n) is 8.33. The molecule has 0 amide bonds. The molecule has 0 fully saturated rings. The summed E-state index contributed by atoms with van der Waals surface area (Å²) in [6, 6.07) is 16.5. The fourth-order valence-corrected chi connectivity index (χ4v) is 4.00. The fourth-order valence-electron chi connectivity index (χ4n) is 2.86. The minimum absolute atomic E-state index is 0.0555. The number of hydrogen-bond acceptors (Lipinski definition) is 6. The van der Waals surface area contributed by atoms with Crippen LogP contribution in [0.4, 0.5) is 5.69 Å². The van der Waals surface area contributed by atoms with Gasteiger partial charge in [-0.15, -0.1) is 0 Å². The van der Waals surface area contributed by atoms with Crippen LogP contribution in [-0.2, 0) is 10.1 Å². The predicted molar refractivity (Wildman–Crippen MR) is 109 cm³/mol. The Morgan fingerprint density at radius 1 is 1.00 bits per heavy atom. The highest BCUT2D eigenvalue weighted by atomic mass is 32.2. The Labute approximate surface area is 162 Å². The molecule has 0 saturated heterocycles. The summed E-state index contributed by atoms with van der Waals surface area (Å²) in [5.74, 6) is 0.0752. The Morgan fingerprint density at radius 3 is 2.39 bits per heavy atom. The molecule has 3 aromatic rings. The Balaban J connectivity index is 2.02. The van der Waals surface area contributed by atoms with Crippen molar-refractivity contribution in [2.75, 3.05) is 19.0 Å². The van der Waals surface area contributed by atoms with E-state index in [9.17, 15) is 18.5 Å². The number of anilines is 1. The summed E-state index contributed by atoms with van der Waals surface area (Å²) < 4.78 is 31.1. The van der Waals surface area contributed by atoms with Crippen LogP contribution in [0.1, 0.15) is 5.56 Å². The van der Waals surface area contributed by atoms with Crippen molar-refractivity contribution in [2.24, 2.45) is 0 Å². The first-order valence-corrected chi connectivity index (χ1v) is 9.74. The topological polar surface area (TPSA) is 89.8 Å². The van der Waals surface area contributed by atoms with Crippen LogP contribution in [0.5, 0.6) is 5.75 Å². The summed E-state index contributed by atoms with van der Waals surface area (Å²) in [6.45, 7) is 0. The van der Waals surface area contributed by atoms with Gasteiger partial charge in [0.25, 0.3) is 0 Å². The molecule has 3 aromatic carbocycles. The van der Waals surface area contributed by atoms with Crippen LogP contribution in [0.3, 0.4) is 0 Å². The van der Waals surface area contributed by atoms with Gasteiger partial charge in [-0.05, 0) is 29.8 Å². The number of nitrogens with zero attached hydrogens (tertiary/aromatic N) is 2. The second-order valence-electron chi connectivity index (χ2n) is 6.23. The van der Waals surface area contributed by atoms with E-state index in [1.807, 2.05) is 31.1 Å². The summed E-state index contributed by atoms with van der Waals surface area (Å²) in [7, 11) is -0.336. The SMILES string of the molecule is CN(C)c1cccc2c(S(=O)(=O)Oc3cccc(C=C[N+](=O)[O-])c3)cccc12. The van der Waals surface area contributed by atoms with Crippen molar-refractivity contribution in [3.8, 4) is 5.75 Å². The fraction of sp³-hybridized carbons (Fsp3) is 0.100. The van der Waals surface area contributed by atoms with Crippen molar-refractivity contribution < 1.29 is 17.5 Å². The van der Waals surface area contributed by atoms with Crippen molar-refractivity contribution in [2.45, 2.75) is 4.90 Å².